The highest BCUT2D eigenvalue weighted by molar-refractivity contribution is 6.39. The van der Waals surface area contributed by atoms with Crippen molar-refractivity contribution in [1.29, 1.82) is 0 Å². The van der Waals surface area contributed by atoms with Crippen LogP contribution >= 0.6 is 11.6 Å². The summed E-state index contributed by atoms with van der Waals surface area (Å²) in [5, 5.41) is 6.03. The fraction of sp³-hybridized carbons (Fsp3) is 0.0435. The van der Waals surface area contributed by atoms with Crippen LogP contribution in [-0.4, -0.2) is 24.0 Å². The van der Waals surface area contributed by atoms with Gasteiger partial charge in [0.1, 0.15) is 5.75 Å². The number of amides is 2. The lowest BCUT2D eigenvalue weighted by Gasteiger charge is -2.09. The molecule has 7 nitrogen and oxygen atoms in total. The number of anilines is 1. The van der Waals surface area contributed by atoms with Crippen molar-refractivity contribution in [1.82, 2.24) is 5.43 Å². The maximum Gasteiger partial charge on any atom is 0.416 e. The number of hydrazone groups is 1. The van der Waals surface area contributed by atoms with Gasteiger partial charge in [-0.15, -0.1) is 0 Å². The largest absolute Gasteiger partial charge is 0.422 e. The van der Waals surface area contributed by atoms with Crippen molar-refractivity contribution >= 4 is 41.3 Å². The van der Waals surface area contributed by atoms with Crippen LogP contribution < -0.4 is 15.5 Å². The number of nitrogens with one attached hydrogen (secondary N) is 2. The summed E-state index contributed by atoms with van der Waals surface area (Å²) >= 11 is 6.00. The molecule has 0 bridgehead atoms. The smallest absolute Gasteiger partial charge is 0.416 e. The predicted octanol–water partition coefficient (Wildman–Crippen LogP) is 4.67. The molecule has 0 atom stereocenters. The lowest BCUT2D eigenvalue weighted by Crippen LogP contribution is -2.32. The Morgan fingerprint density at radius 3 is 2.21 bits per heavy atom. The molecule has 0 aromatic heterocycles. The standard InChI is InChI=1S/C23H15ClF3N3O4/c24-18-7-3-2-6-17(18)22(33)34-19-8-4-1-5-14(19)13-28-30-21(32)20(31)29-16-11-9-15(10-12-16)23(25,26)27/h1-13H,(H,29,31)(H,30,32). The van der Waals surface area contributed by atoms with E-state index in [1.165, 1.54) is 18.2 Å². The number of hydrogen-bond donors (Lipinski definition) is 2. The number of ether oxygens (including phenoxy) is 1. The molecular weight excluding hydrogens is 475 g/mol. The molecule has 3 aromatic rings. The van der Waals surface area contributed by atoms with Crippen LogP contribution in [0.25, 0.3) is 0 Å². The number of benzene rings is 3. The van der Waals surface area contributed by atoms with Gasteiger partial charge in [-0.25, -0.2) is 10.2 Å². The number of alkyl halides is 3. The molecule has 11 heteroatoms. The van der Waals surface area contributed by atoms with Crippen LogP contribution in [0.3, 0.4) is 0 Å². The second-order valence-electron chi connectivity index (χ2n) is 6.64. The van der Waals surface area contributed by atoms with Gasteiger partial charge in [-0.05, 0) is 48.5 Å². The zero-order valence-corrected chi connectivity index (χ0v) is 17.9. The van der Waals surface area contributed by atoms with Gasteiger partial charge >= 0.3 is 24.0 Å². The third-order valence-electron chi connectivity index (χ3n) is 4.26. The molecule has 0 saturated carbocycles. The van der Waals surface area contributed by atoms with Gasteiger partial charge in [0, 0.05) is 11.3 Å². The van der Waals surface area contributed by atoms with Crippen LogP contribution in [0.4, 0.5) is 18.9 Å². The third-order valence-corrected chi connectivity index (χ3v) is 4.59. The molecule has 34 heavy (non-hydrogen) atoms. The van der Waals surface area contributed by atoms with Crippen LogP contribution in [0.1, 0.15) is 21.5 Å². The first-order valence-corrected chi connectivity index (χ1v) is 9.90. The predicted molar refractivity (Wildman–Crippen MR) is 119 cm³/mol. The highest BCUT2D eigenvalue weighted by Crippen LogP contribution is 2.29. The Kier molecular flexibility index (Phi) is 7.64. The molecule has 3 rings (SSSR count). The fourth-order valence-corrected chi connectivity index (χ4v) is 2.82. The van der Waals surface area contributed by atoms with E-state index in [1.54, 1.807) is 30.3 Å². The fourth-order valence-electron chi connectivity index (χ4n) is 2.60. The SMILES string of the molecule is O=C(NN=Cc1ccccc1OC(=O)c1ccccc1Cl)C(=O)Nc1ccc(C(F)(F)F)cc1. The van der Waals surface area contributed by atoms with Crippen LogP contribution in [0.15, 0.2) is 77.9 Å². The molecule has 0 radical (unpaired) electrons. The third kappa shape index (κ3) is 6.42. The second-order valence-corrected chi connectivity index (χ2v) is 7.04. The molecule has 0 fully saturated rings. The Labute approximate surface area is 196 Å². The number of hydrogen-bond acceptors (Lipinski definition) is 5. The van der Waals surface area contributed by atoms with Gasteiger partial charge in [0.2, 0.25) is 0 Å². The maximum atomic E-state index is 12.6. The average Bonchev–Trinajstić information content (AvgIpc) is 2.80. The van der Waals surface area contributed by atoms with Crippen molar-refractivity contribution < 1.29 is 32.3 Å². The number of carbonyl (C=O) groups excluding carboxylic acids is 3. The molecule has 0 aliphatic heterocycles. The first-order chi connectivity index (χ1) is 16.1. The number of esters is 1. The molecule has 0 aliphatic carbocycles. The van der Waals surface area contributed by atoms with E-state index in [4.69, 9.17) is 16.3 Å². The van der Waals surface area contributed by atoms with Gasteiger partial charge in [0.25, 0.3) is 0 Å². The zero-order chi connectivity index (χ0) is 24.7. The highest BCUT2D eigenvalue weighted by Gasteiger charge is 2.30. The Balaban J connectivity index is 1.61. The van der Waals surface area contributed by atoms with Crippen LogP contribution in [0, 0.1) is 0 Å². The summed E-state index contributed by atoms with van der Waals surface area (Å²) < 4.78 is 43.1. The van der Waals surface area contributed by atoms with Gasteiger partial charge < -0.3 is 10.1 Å². The Hall–Kier alpha value is -4.18. The number of rotatable bonds is 5. The first-order valence-electron chi connectivity index (χ1n) is 9.52. The summed E-state index contributed by atoms with van der Waals surface area (Å²) in [5.74, 6) is -2.89. The van der Waals surface area contributed by atoms with E-state index in [9.17, 15) is 27.6 Å². The van der Waals surface area contributed by atoms with Crippen molar-refractivity contribution in [2.24, 2.45) is 5.10 Å². The molecule has 0 aliphatic rings. The average molecular weight is 490 g/mol. The van der Waals surface area contributed by atoms with E-state index in [0.29, 0.717) is 5.56 Å². The minimum Gasteiger partial charge on any atom is -0.422 e. The maximum absolute atomic E-state index is 12.6. The topological polar surface area (TPSA) is 96.9 Å². The number of halogens is 4. The first kappa shape index (κ1) is 24.5. The van der Waals surface area contributed by atoms with Crippen LogP contribution in [-0.2, 0) is 15.8 Å². The molecule has 0 heterocycles. The van der Waals surface area contributed by atoms with Gasteiger partial charge in [-0.3, -0.25) is 9.59 Å². The summed E-state index contributed by atoms with van der Waals surface area (Å²) in [4.78, 5) is 36.2. The van der Waals surface area contributed by atoms with Gasteiger partial charge in [-0.1, -0.05) is 35.9 Å². The molecule has 2 amide bonds. The Morgan fingerprint density at radius 1 is 0.882 bits per heavy atom. The van der Waals surface area contributed by atoms with Gasteiger partial charge in [-0.2, -0.15) is 18.3 Å². The second kappa shape index (κ2) is 10.6. The Bertz CT molecular complexity index is 1240. The summed E-state index contributed by atoms with van der Waals surface area (Å²) in [5.41, 5.74) is 1.55. The van der Waals surface area contributed by atoms with Crippen molar-refractivity contribution in [3.05, 3.63) is 94.5 Å². The van der Waals surface area contributed by atoms with E-state index in [2.05, 4.69) is 10.4 Å². The van der Waals surface area contributed by atoms with Crippen LogP contribution in [0.5, 0.6) is 5.75 Å². The van der Waals surface area contributed by atoms with Gasteiger partial charge in [0.05, 0.1) is 22.4 Å². The number of carbonyl (C=O) groups is 3. The van der Waals surface area contributed by atoms with Crippen molar-refractivity contribution in [2.45, 2.75) is 6.18 Å². The lowest BCUT2D eigenvalue weighted by atomic mass is 10.2. The molecule has 0 saturated heterocycles. The number of nitrogens with zero attached hydrogens (tertiary/aromatic N) is 1. The van der Waals surface area contributed by atoms with E-state index in [-0.39, 0.29) is 22.0 Å². The van der Waals surface area contributed by atoms with E-state index in [1.807, 2.05) is 5.43 Å². The minimum atomic E-state index is -4.52. The van der Waals surface area contributed by atoms with E-state index in [0.717, 1.165) is 30.5 Å². The molecule has 3 aromatic carbocycles. The summed E-state index contributed by atoms with van der Waals surface area (Å²) in [7, 11) is 0. The summed E-state index contributed by atoms with van der Waals surface area (Å²) in [6.07, 6.45) is -3.37. The Morgan fingerprint density at radius 2 is 1.53 bits per heavy atom. The van der Waals surface area contributed by atoms with Crippen LogP contribution in [0.2, 0.25) is 5.02 Å². The molecular formula is C23H15ClF3N3O4. The van der Waals surface area contributed by atoms with E-state index < -0.39 is 29.5 Å². The van der Waals surface area contributed by atoms with E-state index >= 15 is 0 Å². The molecule has 0 unspecified atom stereocenters. The lowest BCUT2D eigenvalue weighted by molar-refractivity contribution is -0.137. The summed E-state index contributed by atoms with van der Waals surface area (Å²) in [6.45, 7) is 0. The molecule has 0 spiro atoms. The zero-order valence-electron chi connectivity index (χ0n) is 17.1. The normalized spacial score (nSPS) is 11.2. The van der Waals surface area contributed by atoms with Crippen molar-refractivity contribution in [3.8, 4) is 5.75 Å². The number of para-hydroxylation sites is 1. The quantitative estimate of drug-likeness (QED) is 0.179. The molecule has 2 N–H and O–H groups in total. The summed E-state index contributed by atoms with van der Waals surface area (Å²) in [6, 6.07) is 16.2. The van der Waals surface area contributed by atoms with Crippen molar-refractivity contribution in [2.75, 3.05) is 5.32 Å². The van der Waals surface area contributed by atoms with Gasteiger partial charge in [0.15, 0.2) is 0 Å². The highest BCUT2D eigenvalue weighted by atomic mass is 35.5. The monoisotopic (exact) mass is 489 g/mol. The molecule has 174 valence electrons. The van der Waals surface area contributed by atoms with Crippen molar-refractivity contribution in [3.63, 3.8) is 0 Å². The minimum absolute atomic E-state index is 0.00559.